The van der Waals surface area contributed by atoms with Crippen molar-refractivity contribution in [2.75, 3.05) is 45.6 Å². The molecule has 0 saturated heterocycles. The van der Waals surface area contributed by atoms with E-state index in [4.69, 9.17) is 13.8 Å². The number of aromatic nitrogens is 4. The molecule has 0 saturated carbocycles. The maximum Gasteiger partial charge on any atom is 0.331 e. The molecule has 0 unspecified atom stereocenters. The van der Waals surface area contributed by atoms with Crippen molar-refractivity contribution >= 4 is 24.7 Å². The molecule has 0 radical (unpaired) electrons. The number of imidazole rings is 1. The van der Waals surface area contributed by atoms with Crippen molar-refractivity contribution in [3.63, 3.8) is 0 Å². The fourth-order valence-corrected chi connectivity index (χ4v) is 4.79. The quantitative estimate of drug-likeness (QED) is 0.315. The largest absolute Gasteiger partial charge is 0.466 e. The molecule has 1 N–H and O–H groups in total. The van der Waals surface area contributed by atoms with Gasteiger partial charge in [-0.15, -0.1) is 0 Å². The topological polar surface area (TPSA) is 129 Å². The lowest BCUT2D eigenvalue weighted by Gasteiger charge is -2.25. The van der Waals surface area contributed by atoms with Crippen LogP contribution in [0.15, 0.2) is 17.4 Å². The fourth-order valence-electron chi connectivity index (χ4n) is 3.14. The van der Waals surface area contributed by atoms with E-state index in [1.54, 1.807) is 31.7 Å². The number of rotatable bonds is 15. The number of carbonyl (C=O) groups excluding carboxylic acids is 1. The van der Waals surface area contributed by atoms with Crippen molar-refractivity contribution in [2.24, 2.45) is 0 Å². The van der Waals surface area contributed by atoms with Gasteiger partial charge in [-0.1, -0.05) is 0 Å². The van der Waals surface area contributed by atoms with E-state index in [2.05, 4.69) is 19.9 Å². The summed E-state index contributed by atoms with van der Waals surface area (Å²) in [6.07, 6.45) is 4.09. The van der Waals surface area contributed by atoms with Crippen LogP contribution in [0.5, 0.6) is 0 Å². The van der Waals surface area contributed by atoms with E-state index in [-0.39, 0.29) is 23.2 Å². The van der Waals surface area contributed by atoms with Gasteiger partial charge in [-0.3, -0.25) is 14.2 Å². The third-order valence-corrected chi connectivity index (χ3v) is 6.62. The first-order valence-electron chi connectivity index (χ1n) is 10.6. The van der Waals surface area contributed by atoms with E-state index in [0.717, 1.165) is 0 Å². The first kappa shape index (κ1) is 25.2. The van der Waals surface area contributed by atoms with Crippen molar-refractivity contribution in [2.45, 2.75) is 40.2 Å². The fraction of sp³-hybridized carbons (Fsp3) is 0.684. The van der Waals surface area contributed by atoms with Gasteiger partial charge in [0.2, 0.25) is 0 Å². The van der Waals surface area contributed by atoms with Crippen molar-refractivity contribution < 1.29 is 23.1 Å². The number of nitrogens with zero attached hydrogens (tertiary/aromatic N) is 4. The summed E-state index contributed by atoms with van der Waals surface area (Å²) < 4.78 is 30.4. The van der Waals surface area contributed by atoms with Gasteiger partial charge in [-0.2, -0.15) is 0 Å². The zero-order valence-corrected chi connectivity index (χ0v) is 19.3. The Hall–Kier alpha value is -2.07. The maximum absolute atomic E-state index is 12.8. The first-order valence-corrected chi connectivity index (χ1v) is 12.3. The molecular formula is C19H32N5O6P. The van der Waals surface area contributed by atoms with Crippen LogP contribution in [-0.4, -0.2) is 76.0 Å². The van der Waals surface area contributed by atoms with Crippen LogP contribution < -0.4 is 5.56 Å². The normalized spacial score (nSPS) is 12.0. The molecule has 0 atom stereocenters. The molecule has 0 aliphatic rings. The highest BCUT2D eigenvalue weighted by Gasteiger charge is 2.24. The Kier molecular flexibility index (Phi) is 10.3. The summed E-state index contributed by atoms with van der Waals surface area (Å²) >= 11 is 0. The lowest BCUT2D eigenvalue weighted by molar-refractivity contribution is -0.143. The Bertz CT molecular complexity index is 920. The SMILES string of the molecule is CCOC(=O)CCCN(CCn1cnc2c(=O)[nH]cnc21)CCP(=O)(OCC)OCC. The van der Waals surface area contributed by atoms with Crippen molar-refractivity contribution in [1.82, 2.24) is 24.4 Å². The van der Waals surface area contributed by atoms with Crippen LogP contribution >= 0.6 is 7.60 Å². The number of hydrogen-bond donors (Lipinski definition) is 1. The van der Waals surface area contributed by atoms with Crippen molar-refractivity contribution in [1.29, 1.82) is 0 Å². The smallest absolute Gasteiger partial charge is 0.331 e. The van der Waals surface area contributed by atoms with Gasteiger partial charge >= 0.3 is 13.6 Å². The zero-order valence-electron chi connectivity index (χ0n) is 18.4. The Labute approximate surface area is 181 Å². The molecule has 2 rings (SSSR count). The number of hydrogen-bond acceptors (Lipinski definition) is 9. The first-order chi connectivity index (χ1) is 14.9. The molecule has 11 nitrogen and oxygen atoms in total. The second-order valence-corrected chi connectivity index (χ2v) is 8.95. The van der Waals surface area contributed by atoms with Crippen LogP contribution in [0.1, 0.15) is 33.6 Å². The standard InChI is InChI=1S/C19H32N5O6P/c1-4-28-16(25)8-7-9-23(12-13-31(27,29-5-2)30-6-3)10-11-24-15-22-17-18(24)20-14-21-19(17)26/h14-15H,4-13H2,1-3H3,(H,20,21,26). The molecule has 2 aromatic heterocycles. The van der Waals surface area contributed by atoms with Gasteiger partial charge in [-0.25, -0.2) is 9.97 Å². The van der Waals surface area contributed by atoms with Crippen LogP contribution in [-0.2, 0) is 29.7 Å². The number of aromatic amines is 1. The van der Waals surface area contributed by atoms with E-state index >= 15 is 0 Å². The van der Waals surface area contributed by atoms with E-state index in [1.165, 1.54) is 6.33 Å². The third-order valence-electron chi connectivity index (χ3n) is 4.57. The van der Waals surface area contributed by atoms with Crippen LogP contribution in [0.3, 0.4) is 0 Å². The summed E-state index contributed by atoms with van der Waals surface area (Å²) in [4.78, 5) is 36.4. The van der Waals surface area contributed by atoms with Crippen LogP contribution in [0.4, 0.5) is 0 Å². The molecule has 0 aromatic carbocycles. The van der Waals surface area contributed by atoms with Crippen LogP contribution in [0.2, 0.25) is 0 Å². The summed E-state index contributed by atoms with van der Waals surface area (Å²) in [7, 11) is -3.17. The van der Waals surface area contributed by atoms with Crippen molar-refractivity contribution in [3.05, 3.63) is 23.0 Å². The lowest BCUT2D eigenvalue weighted by atomic mass is 10.3. The number of esters is 1. The summed E-state index contributed by atoms with van der Waals surface area (Å²) in [5.41, 5.74) is 0.502. The Morgan fingerprint density at radius 1 is 1.13 bits per heavy atom. The molecule has 2 heterocycles. The summed E-state index contributed by atoms with van der Waals surface area (Å²) in [6, 6.07) is 0. The molecule has 0 fully saturated rings. The van der Waals surface area contributed by atoms with Crippen LogP contribution in [0.25, 0.3) is 11.2 Å². The molecule has 0 aliphatic carbocycles. The highest BCUT2D eigenvalue weighted by Crippen LogP contribution is 2.47. The number of fused-ring (bicyclic) bond motifs is 1. The number of ether oxygens (including phenoxy) is 1. The minimum absolute atomic E-state index is 0.235. The molecular weight excluding hydrogens is 425 g/mol. The van der Waals surface area contributed by atoms with Gasteiger partial charge in [0.05, 0.1) is 38.6 Å². The molecule has 174 valence electrons. The third kappa shape index (κ3) is 7.84. The van der Waals surface area contributed by atoms with Gasteiger partial charge in [0.25, 0.3) is 5.56 Å². The average molecular weight is 457 g/mol. The minimum Gasteiger partial charge on any atom is -0.466 e. The summed E-state index contributed by atoms with van der Waals surface area (Å²) in [5, 5.41) is 0. The summed E-state index contributed by atoms with van der Waals surface area (Å²) in [5.74, 6) is -0.235. The highest BCUT2D eigenvalue weighted by atomic mass is 31.2. The van der Waals surface area contributed by atoms with Gasteiger partial charge < -0.3 is 28.2 Å². The van der Waals surface area contributed by atoms with Crippen LogP contribution in [0, 0.1) is 0 Å². The molecule has 0 bridgehead atoms. The van der Waals surface area contributed by atoms with Gasteiger partial charge in [0.15, 0.2) is 11.2 Å². The Morgan fingerprint density at radius 3 is 2.55 bits per heavy atom. The van der Waals surface area contributed by atoms with E-state index in [0.29, 0.717) is 64.5 Å². The average Bonchev–Trinajstić information content (AvgIpc) is 3.15. The predicted molar refractivity (Wildman–Crippen MR) is 116 cm³/mol. The van der Waals surface area contributed by atoms with Gasteiger partial charge in [-0.05, 0) is 33.7 Å². The van der Waals surface area contributed by atoms with Crippen molar-refractivity contribution in [3.8, 4) is 0 Å². The lowest BCUT2D eigenvalue weighted by Crippen LogP contribution is -2.32. The second-order valence-electron chi connectivity index (χ2n) is 6.76. The highest BCUT2D eigenvalue weighted by molar-refractivity contribution is 7.53. The van der Waals surface area contributed by atoms with Gasteiger partial charge in [0.1, 0.15) is 0 Å². The van der Waals surface area contributed by atoms with E-state index in [1.807, 2.05) is 0 Å². The monoisotopic (exact) mass is 457 g/mol. The predicted octanol–water partition coefficient (Wildman–Crippen LogP) is 2.03. The Morgan fingerprint density at radius 2 is 1.87 bits per heavy atom. The number of carbonyl (C=O) groups is 1. The molecule has 12 heteroatoms. The molecule has 2 aromatic rings. The minimum atomic E-state index is -3.17. The Balaban J connectivity index is 2.03. The molecule has 0 amide bonds. The van der Waals surface area contributed by atoms with Gasteiger partial charge in [0, 0.05) is 26.1 Å². The molecule has 0 aliphatic heterocycles. The van der Waals surface area contributed by atoms with E-state index < -0.39 is 7.60 Å². The molecule has 31 heavy (non-hydrogen) atoms. The zero-order chi connectivity index (χ0) is 22.7. The summed E-state index contributed by atoms with van der Waals surface area (Å²) in [6.45, 7) is 8.50. The number of H-pyrrole nitrogens is 1. The second kappa shape index (κ2) is 12.7. The maximum atomic E-state index is 12.8. The van der Waals surface area contributed by atoms with E-state index in [9.17, 15) is 14.2 Å². The number of nitrogens with one attached hydrogen (secondary N) is 1. The molecule has 0 spiro atoms.